The molecular formula is C26H30Cl2N2O6. The van der Waals surface area contributed by atoms with E-state index in [1.165, 1.54) is 25.2 Å². The number of amides is 1. The summed E-state index contributed by atoms with van der Waals surface area (Å²) in [5.41, 5.74) is 0.510. The molecule has 2 aromatic carbocycles. The molecule has 1 saturated heterocycles. The maximum absolute atomic E-state index is 13.4. The molecule has 2 aromatic rings. The number of likely N-dealkylation sites (tertiary alicyclic amines) is 1. The third-order valence-electron chi connectivity index (χ3n) is 5.70. The summed E-state index contributed by atoms with van der Waals surface area (Å²) in [6, 6.07) is 7.61. The SMILES string of the molecule is COc1c(Cl)cc(/C(O)=C2\C(=O)C(=O)N(CCN(C)C)C2c2ccccc2OC(C)C)c(OC)c1Cl. The van der Waals surface area contributed by atoms with E-state index in [0.717, 1.165) is 0 Å². The monoisotopic (exact) mass is 536 g/mol. The van der Waals surface area contributed by atoms with Gasteiger partial charge in [-0.3, -0.25) is 9.59 Å². The lowest BCUT2D eigenvalue weighted by atomic mass is 9.94. The third kappa shape index (κ3) is 5.26. The molecule has 1 aliphatic rings. The van der Waals surface area contributed by atoms with Gasteiger partial charge in [0.15, 0.2) is 11.5 Å². The molecule has 1 heterocycles. The summed E-state index contributed by atoms with van der Waals surface area (Å²) in [6.45, 7) is 4.51. The fourth-order valence-electron chi connectivity index (χ4n) is 4.10. The van der Waals surface area contributed by atoms with Gasteiger partial charge in [0, 0.05) is 18.7 Å². The molecule has 1 aliphatic heterocycles. The number of carbonyl (C=O) groups is 2. The number of ketones is 1. The van der Waals surface area contributed by atoms with E-state index in [9.17, 15) is 14.7 Å². The second kappa shape index (κ2) is 11.4. The normalized spacial score (nSPS) is 17.3. The molecule has 0 radical (unpaired) electrons. The second-order valence-corrected chi connectivity index (χ2v) is 9.57. The van der Waals surface area contributed by atoms with Crippen LogP contribution in [0.1, 0.15) is 31.0 Å². The highest BCUT2D eigenvalue weighted by atomic mass is 35.5. The Balaban J connectivity index is 2.32. The maximum atomic E-state index is 13.4. The number of aliphatic hydroxyl groups is 1. The van der Waals surface area contributed by atoms with Gasteiger partial charge >= 0.3 is 0 Å². The number of Topliss-reactive ketones (excluding diaryl/α,β-unsaturated/α-hetero) is 1. The first-order valence-electron chi connectivity index (χ1n) is 11.3. The average Bonchev–Trinajstić information content (AvgIpc) is 3.06. The number of methoxy groups -OCH3 is 2. The molecule has 8 nitrogen and oxygen atoms in total. The van der Waals surface area contributed by atoms with Crippen LogP contribution in [0.4, 0.5) is 0 Å². The molecule has 3 rings (SSSR count). The van der Waals surface area contributed by atoms with Crippen LogP contribution in [0.2, 0.25) is 10.0 Å². The van der Waals surface area contributed by atoms with Gasteiger partial charge in [-0.1, -0.05) is 41.4 Å². The Labute approximate surface area is 220 Å². The molecule has 0 aromatic heterocycles. The van der Waals surface area contributed by atoms with E-state index in [1.54, 1.807) is 24.3 Å². The lowest BCUT2D eigenvalue weighted by Crippen LogP contribution is -2.35. The first-order chi connectivity index (χ1) is 17.0. The molecule has 0 saturated carbocycles. The lowest BCUT2D eigenvalue weighted by molar-refractivity contribution is -0.140. The predicted molar refractivity (Wildman–Crippen MR) is 139 cm³/mol. The van der Waals surface area contributed by atoms with Crippen LogP contribution in [0.3, 0.4) is 0 Å². The smallest absolute Gasteiger partial charge is 0.295 e. The summed E-state index contributed by atoms with van der Waals surface area (Å²) < 4.78 is 16.7. The third-order valence-corrected chi connectivity index (χ3v) is 6.32. The predicted octanol–water partition coefficient (Wildman–Crippen LogP) is 4.78. The van der Waals surface area contributed by atoms with E-state index in [0.29, 0.717) is 17.9 Å². The Morgan fingerprint density at radius 1 is 1.11 bits per heavy atom. The Kier molecular flexibility index (Phi) is 8.76. The number of likely N-dealkylation sites (N-methyl/N-ethyl adjacent to an activating group) is 1. The molecule has 0 spiro atoms. The fourth-order valence-corrected chi connectivity index (χ4v) is 4.79. The van der Waals surface area contributed by atoms with E-state index in [1.807, 2.05) is 32.8 Å². The highest BCUT2D eigenvalue weighted by Gasteiger charge is 2.47. The zero-order valence-electron chi connectivity index (χ0n) is 21.1. The van der Waals surface area contributed by atoms with Gasteiger partial charge in [-0.15, -0.1) is 0 Å². The topological polar surface area (TPSA) is 88.5 Å². The number of para-hydroxylation sites is 1. The number of aliphatic hydroxyl groups excluding tert-OH is 1. The van der Waals surface area contributed by atoms with Crippen molar-refractivity contribution in [2.45, 2.75) is 26.0 Å². The number of rotatable bonds is 9. The van der Waals surface area contributed by atoms with Gasteiger partial charge in [0.25, 0.3) is 11.7 Å². The Bertz CT molecular complexity index is 1200. The Hall–Kier alpha value is -2.94. The maximum Gasteiger partial charge on any atom is 0.295 e. The number of nitrogens with zero attached hydrogens (tertiary/aromatic N) is 2. The minimum absolute atomic E-state index is 0.0241. The summed E-state index contributed by atoms with van der Waals surface area (Å²) in [4.78, 5) is 30.0. The summed E-state index contributed by atoms with van der Waals surface area (Å²) in [5.74, 6) is -1.31. The van der Waals surface area contributed by atoms with E-state index < -0.39 is 23.5 Å². The van der Waals surface area contributed by atoms with Crippen molar-refractivity contribution in [2.24, 2.45) is 0 Å². The zero-order chi connectivity index (χ0) is 26.7. The second-order valence-electron chi connectivity index (χ2n) is 8.79. The molecule has 1 N–H and O–H groups in total. The molecule has 1 amide bonds. The van der Waals surface area contributed by atoms with Crippen LogP contribution in [0, 0.1) is 0 Å². The highest BCUT2D eigenvalue weighted by Crippen LogP contribution is 2.48. The number of hydrogen-bond donors (Lipinski definition) is 1. The van der Waals surface area contributed by atoms with Crippen LogP contribution in [-0.2, 0) is 9.59 Å². The van der Waals surface area contributed by atoms with Gasteiger partial charge in [0.2, 0.25) is 0 Å². The van der Waals surface area contributed by atoms with Crippen LogP contribution < -0.4 is 14.2 Å². The van der Waals surface area contributed by atoms with Crippen LogP contribution in [0.25, 0.3) is 5.76 Å². The average molecular weight is 537 g/mol. The summed E-state index contributed by atoms with van der Waals surface area (Å²) in [6.07, 6.45) is -0.158. The van der Waals surface area contributed by atoms with Crippen LogP contribution in [-0.4, -0.2) is 74.1 Å². The lowest BCUT2D eigenvalue weighted by Gasteiger charge is -2.28. The minimum atomic E-state index is -0.913. The number of halogens is 2. The van der Waals surface area contributed by atoms with Crippen molar-refractivity contribution in [3.8, 4) is 17.2 Å². The molecule has 10 heteroatoms. The molecule has 1 atom stereocenters. The molecule has 1 fully saturated rings. The van der Waals surface area contributed by atoms with Gasteiger partial charge in [-0.05, 0) is 40.1 Å². The van der Waals surface area contributed by atoms with Gasteiger partial charge in [-0.25, -0.2) is 0 Å². The van der Waals surface area contributed by atoms with E-state index in [2.05, 4.69) is 0 Å². The zero-order valence-corrected chi connectivity index (χ0v) is 22.6. The van der Waals surface area contributed by atoms with Crippen molar-refractivity contribution in [2.75, 3.05) is 41.4 Å². The summed E-state index contributed by atoms with van der Waals surface area (Å²) >= 11 is 12.8. The molecule has 36 heavy (non-hydrogen) atoms. The first-order valence-corrected chi connectivity index (χ1v) is 12.1. The van der Waals surface area contributed by atoms with Crippen molar-refractivity contribution in [1.82, 2.24) is 9.80 Å². The van der Waals surface area contributed by atoms with Crippen LogP contribution in [0.5, 0.6) is 17.2 Å². The largest absolute Gasteiger partial charge is 0.507 e. The van der Waals surface area contributed by atoms with Crippen LogP contribution in [0.15, 0.2) is 35.9 Å². The van der Waals surface area contributed by atoms with E-state index in [4.69, 9.17) is 37.4 Å². The number of hydrogen-bond acceptors (Lipinski definition) is 7. The number of carbonyl (C=O) groups excluding carboxylic acids is 2. The first kappa shape index (κ1) is 27.6. The van der Waals surface area contributed by atoms with Crippen LogP contribution >= 0.6 is 23.2 Å². The Morgan fingerprint density at radius 3 is 2.33 bits per heavy atom. The fraction of sp³-hybridized carbons (Fsp3) is 0.385. The molecule has 0 bridgehead atoms. The van der Waals surface area contributed by atoms with Gasteiger partial charge in [0.1, 0.15) is 16.5 Å². The summed E-state index contributed by atoms with van der Waals surface area (Å²) in [7, 11) is 6.50. The van der Waals surface area contributed by atoms with Crippen molar-refractivity contribution in [1.29, 1.82) is 0 Å². The highest BCUT2D eigenvalue weighted by molar-refractivity contribution is 6.47. The number of ether oxygens (including phenoxy) is 3. The van der Waals surface area contributed by atoms with Crippen molar-refractivity contribution in [3.05, 3.63) is 57.1 Å². The standard InChI is InChI=1S/C26H30Cl2N2O6/c1-14(2)36-18-10-8-7-9-15(18)21-19(23(32)26(33)30(21)12-11-29(3)4)22(31)16-13-17(27)25(35-6)20(28)24(16)34-5/h7-10,13-14,21,31H,11-12H2,1-6H3/b22-19+. The minimum Gasteiger partial charge on any atom is -0.507 e. The molecule has 194 valence electrons. The Morgan fingerprint density at radius 2 is 1.75 bits per heavy atom. The summed E-state index contributed by atoms with van der Waals surface area (Å²) in [5, 5.41) is 11.7. The quantitative estimate of drug-likeness (QED) is 0.280. The molecular weight excluding hydrogens is 507 g/mol. The van der Waals surface area contributed by atoms with Gasteiger partial charge in [-0.2, -0.15) is 0 Å². The molecule has 1 unspecified atom stereocenters. The van der Waals surface area contributed by atoms with E-state index >= 15 is 0 Å². The number of benzene rings is 2. The van der Waals surface area contributed by atoms with Crippen molar-refractivity contribution < 1.29 is 28.9 Å². The molecule has 0 aliphatic carbocycles. The van der Waals surface area contributed by atoms with Crippen molar-refractivity contribution >= 4 is 40.7 Å². The van der Waals surface area contributed by atoms with E-state index in [-0.39, 0.29) is 45.3 Å². The van der Waals surface area contributed by atoms with Gasteiger partial charge in [0.05, 0.1) is 42.5 Å². The van der Waals surface area contributed by atoms with Gasteiger partial charge < -0.3 is 29.1 Å². The van der Waals surface area contributed by atoms with Crippen molar-refractivity contribution in [3.63, 3.8) is 0 Å².